The molecule has 1 aliphatic rings. The third-order valence-electron chi connectivity index (χ3n) is 4.31. The van der Waals surface area contributed by atoms with Crippen LogP contribution >= 0.6 is 57.0 Å². The lowest BCUT2D eigenvalue weighted by Crippen LogP contribution is -2.46. The van der Waals surface area contributed by atoms with E-state index in [1.54, 1.807) is 0 Å². The molecule has 0 amide bonds. The van der Waals surface area contributed by atoms with Gasteiger partial charge in [-0.3, -0.25) is 0 Å². The molecule has 1 aliphatic heterocycles. The Bertz CT molecular complexity index is 636. The van der Waals surface area contributed by atoms with Crippen molar-refractivity contribution < 1.29 is 0 Å². The topological polar surface area (TPSA) is 0 Å². The van der Waals surface area contributed by atoms with Crippen LogP contribution in [-0.2, 0) is 4.50 Å². The predicted molar refractivity (Wildman–Crippen MR) is 120 cm³/mol. The van der Waals surface area contributed by atoms with E-state index < -0.39 is 20.7 Å². The molecule has 0 aliphatic carbocycles. The Morgan fingerprint density at radius 1 is 0.880 bits per heavy atom. The first-order valence-corrected chi connectivity index (χ1v) is 15.3. The van der Waals surface area contributed by atoms with Crippen LogP contribution in [0.2, 0.25) is 6.04 Å². The molecule has 1 atom stereocenters. The minimum absolute atomic E-state index is 0.151. The third-order valence-corrected chi connectivity index (χ3v) is 14.2. The normalized spacial score (nSPS) is 22.6. The molecule has 1 saturated heterocycles. The highest BCUT2D eigenvalue weighted by Crippen LogP contribution is 2.52. The van der Waals surface area contributed by atoms with Crippen LogP contribution in [0.4, 0.5) is 0 Å². The lowest BCUT2D eigenvalue weighted by Gasteiger charge is -2.40. The Morgan fingerprint density at radius 2 is 1.44 bits per heavy atom. The van der Waals surface area contributed by atoms with Gasteiger partial charge in [0.2, 0.25) is 0 Å². The van der Waals surface area contributed by atoms with E-state index in [1.165, 1.54) is 5.19 Å². The van der Waals surface area contributed by atoms with E-state index in [-0.39, 0.29) is 4.46 Å². The van der Waals surface area contributed by atoms with Gasteiger partial charge in [-0.25, -0.2) is 0 Å². The quantitative estimate of drug-likeness (QED) is 0.293. The number of rotatable bonds is 3. The zero-order valence-corrected chi connectivity index (χ0v) is 20.0. The Labute approximate surface area is 178 Å². The summed E-state index contributed by atoms with van der Waals surface area (Å²) in [6, 6.07) is 21.1. The number of alkyl halides is 3. The molecule has 0 saturated carbocycles. The lowest BCUT2D eigenvalue weighted by atomic mass is 10.1. The van der Waals surface area contributed by atoms with Crippen molar-refractivity contribution in [2.45, 2.75) is 34.3 Å². The highest BCUT2D eigenvalue weighted by Gasteiger charge is 2.53. The summed E-state index contributed by atoms with van der Waals surface area (Å²) in [6.45, 7) is -2.38. The fourth-order valence-corrected chi connectivity index (χ4v) is 9.70. The van der Waals surface area contributed by atoms with Gasteiger partial charge in [0.15, 0.2) is 0 Å². The van der Waals surface area contributed by atoms with Crippen LogP contribution in [-0.4, -0.2) is 20.7 Å². The summed E-state index contributed by atoms with van der Waals surface area (Å²) in [6.07, 6.45) is 3.13. The van der Waals surface area contributed by atoms with Crippen LogP contribution < -0.4 is 5.19 Å². The molecule has 3 rings (SSSR count). The molecule has 1 fully saturated rings. The summed E-state index contributed by atoms with van der Waals surface area (Å²) in [4.78, 5) is 0. The smallest absolute Gasteiger partial charge is 0.144 e. The van der Waals surface area contributed by atoms with E-state index >= 15 is 0 Å². The third kappa shape index (κ3) is 6.17. The summed E-state index contributed by atoms with van der Waals surface area (Å²) < 4.78 is -0.641. The second-order valence-corrected chi connectivity index (χ2v) is 18.7. The zero-order chi connectivity index (χ0) is 18.3. The second kappa shape index (κ2) is 10.0. The van der Waals surface area contributed by atoms with Gasteiger partial charge in [0.25, 0.3) is 6.69 Å². The average Bonchev–Trinajstić information content (AvgIpc) is 2.59. The van der Waals surface area contributed by atoms with Crippen molar-refractivity contribution in [3.63, 3.8) is 0 Å². The molecule has 0 nitrogen and oxygen atoms in total. The maximum absolute atomic E-state index is 6.69. The van der Waals surface area contributed by atoms with E-state index in [2.05, 4.69) is 12.1 Å². The zero-order valence-electron chi connectivity index (χ0n) is 13.8. The molecular formula is C18H21Cl5Si2. The molecule has 0 aromatic heterocycles. The number of halogens is 5. The molecular weight excluding hydrogens is 450 g/mol. The molecule has 136 valence electrons. The SMILES string of the molecule is ClC(Cl)[SiH2]c1ccccc1.ClC1(c2ccccc2)CCCC[Si]1(Cl)Cl. The highest BCUT2D eigenvalue weighted by molar-refractivity contribution is 7.47. The standard InChI is InChI=1S/C11H13Cl3Si.C7H8Cl2Si/c12-11(10-6-2-1-3-7-10)8-4-5-9-15(11,13)14;8-7(9)10-6-4-2-1-3-5-6/h1-3,6-7H,4-5,8-9H2;1-5,7H,10H2. The molecule has 25 heavy (non-hydrogen) atoms. The maximum Gasteiger partial charge on any atom is 0.275 e. The Balaban J connectivity index is 0.000000196. The van der Waals surface area contributed by atoms with Gasteiger partial charge in [-0.15, -0.1) is 57.0 Å². The first-order chi connectivity index (χ1) is 11.8. The van der Waals surface area contributed by atoms with Gasteiger partial charge in [-0.1, -0.05) is 78.7 Å². The number of benzene rings is 2. The fraction of sp³-hybridized carbons (Fsp3) is 0.333. The molecule has 7 heteroatoms. The van der Waals surface area contributed by atoms with Crippen molar-refractivity contribution >= 4 is 78.4 Å². The van der Waals surface area contributed by atoms with Crippen molar-refractivity contribution in [2.24, 2.45) is 0 Å². The van der Waals surface area contributed by atoms with E-state index in [1.807, 2.05) is 48.5 Å². The van der Waals surface area contributed by atoms with Crippen LogP contribution in [0.1, 0.15) is 24.8 Å². The van der Waals surface area contributed by atoms with Gasteiger partial charge in [-0.05, 0) is 18.0 Å². The van der Waals surface area contributed by atoms with Gasteiger partial charge in [0, 0.05) is 0 Å². The summed E-state index contributed by atoms with van der Waals surface area (Å²) in [7, 11) is -0.446. The van der Waals surface area contributed by atoms with Crippen molar-refractivity contribution in [3.05, 3.63) is 66.2 Å². The Kier molecular flexibility index (Phi) is 8.67. The summed E-state index contributed by atoms with van der Waals surface area (Å²) in [5.74, 6) is 0. The van der Waals surface area contributed by atoms with Gasteiger partial charge in [0.05, 0.1) is 18.5 Å². The molecule has 0 spiro atoms. The van der Waals surface area contributed by atoms with Gasteiger partial charge >= 0.3 is 0 Å². The van der Waals surface area contributed by atoms with Gasteiger partial charge < -0.3 is 0 Å². The van der Waals surface area contributed by atoms with Gasteiger partial charge in [0.1, 0.15) is 0 Å². The average molecular weight is 471 g/mol. The van der Waals surface area contributed by atoms with Crippen LogP contribution in [0, 0.1) is 0 Å². The van der Waals surface area contributed by atoms with Crippen molar-refractivity contribution in [3.8, 4) is 0 Å². The number of hydrogen-bond donors (Lipinski definition) is 0. The molecule has 1 unspecified atom stereocenters. The largest absolute Gasteiger partial charge is 0.275 e. The van der Waals surface area contributed by atoms with Crippen LogP contribution in [0.3, 0.4) is 0 Å². The fourth-order valence-electron chi connectivity index (χ4n) is 2.95. The molecule has 0 N–H and O–H groups in total. The summed E-state index contributed by atoms with van der Waals surface area (Å²) in [5, 5.41) is 1.32. The molecule has 0 radical (unpaired) electrons. The minimum atomic E-state index is -2.38. The monoisotopic (exact) mass is 468 g/mol. The molecule has 1 heterocycles. The first-order valence-electron chi connectivity index (χ1n) is 8.29. The Hall–Kier alpha value is 0.324. The maximum atomic E-state index is 6.69. The first kappa shape index (κ1) is 21.6. The summed E-state index contributed by atoms with van der Waals surface area (Å²) >= 11 is 30.9. The lowest BCUT2D eigenvalue weighted by molar-refractivity contribution is 0.608. The number of hydrogen-bond acceptors (Lipinski definition) is 0. The predicted octanol–water partition coefficient (Wildman–Crippen LogP) is 6.01. The molecule has 2 aromatic rings. The van der Waals surface area contributed by atoms with E-state index in [0.717, 1.165) is 30.9 Å². The summed E-state index contributed by atoms with van der Waals surface area (Å²) in [5.41, 5.74) is 1.09. The van der Waals surface area contributed by atoms with E-state index in [4.69, 9.17) is 57.0 Å². The van der Waals surface area contributed by atoms with Crippen molar-refractivity contribution in [2.75, 3.05) is 0 Å². The van der Waals surface area contributed by atoms with E-state index in [9.17, 15) is 0 Å². The van der Waals surface area contributed by atoms with Crippen LogP contribution in [0.15, 0.2) is 60.7 Å². The molecule has 0 bridgehead atoms. The van der Waals surface area contributed by atoms with Gasteiger partial charge in [-0.2, -0.15) is 0 Å². The molecule has 2 aromatic carbocycles. The Morgan fingerprint density at radius 3 is 1.96 bits per heavy atom. The highest BCUT2D eigenvalue weighted by atomic mass is 35.7. The van der Waals surface area contributed by atoms with Crippen molar-refractivity contribution in [1.82, 2.24) is 0 Å². The van der Waals surface area contributed by atoms with Crippen LogP contribution in [0.5, 0.6) is 0 Å². The van der Waals surface area contributed by atoms with Crippen molar-refractivity contribution in [1.29, 1.82) is 0 Å². The second-order valence-electron chi connectivity index (χ2n) is 6.16. The van der Waals surface area contributed by atoms with Crippen LogP contribution in [0.25, 0.3) is 0 Å². The van der Waals surface area contributed by atoms with E-state index in [0.29, 0.717) is 0 Å². The minimum Gasteiger partial charge on any atom is -0.144 e.